The average Bonchev–Trinajstić information content (AvgIpc) is 2.38. The van der Waals surface area contributed by atoms with Crippen LogP contribution in [-0.4, -0.2) is 29.8 Å². The lowest BCUT2D eigenvalue weighted by atomic mass is 10.2. The second-order valence-electron chi connectivity index (χ2n) is 4.32. The highest BCUT2D eigenvalue weighted by atomic mass is 32.1. The Bertz CT molecular complexity index is 343. The zero-order valence-corrected chi connectivity index (χ0v) is 11.5. The molecular formula is C14H22N2OS. The van der Waals surface area contributed by atoms with Crippen molar-refractivity contribution in [3.8, 4) is 0 Å². The van der Waals surface area contributed by atoms with Crippen molar-refractivity contribution in [2.45, 2.75) is 25.7 Å². The maximum absolute atomic E-state index is 8.78. The van der Waals surface area contributed by atoms with Gasteiger partial charge in [-0.2, -0.15) is 0 Å². The lowest BCUT2D eigenvalue weighted by Crippen LogP contribution is -2.28. The molecule has 0 bridgehead atoms. The van der Waals surface area contributed by atoms with Crippen molar-refractivity contribution in [2.24, 2.45) is 5.73 Å². The molecule has 0 atom stereocenters. The number of hydrogen-bond donors (Lipinski definition) is 2. The maximum atomic E-state index is 8.78. The molecule has 0 saturated carbocycles. The van der Waals surface area contributed by atoms with E-state index in [1.54, 1.807) is 0 Å². The van der Waals surface area contributed by atoms with Gasteiger partial charge in [0.05, 0.1) is 4.99 Å². The van der Waals surface area contributed by atoms with Gasteiger partial charge in [-0.15, -0.1) is 0 Å². The van der Waals surface area contributed by atoms with Crippen LogP contribution in [-0.2, 0) is 0 Å². The SMILES string of the molecule is NC(=S)CCN(CCCCCO)c1ccccc1. The summed E-state index contributed by atoms with van der Waals surface area (Å²) >= 11 is 4.94. The molecule has 0 fully saturated rings. The molecule has 0 heterocycles. The van der Waals surface area contributed by atoms with E-state index in [0.29, 0.717) is 4.99 Å². The summed E-state index contributed by atoms with van der Waals surface area (Å²) in [6, 6.07) is 10.3. The number of unbranched alkanes of at least 4 members (excludes halogenated alkanes) is 2. The standard InChI is InChI=1S/C14H22N2OS/c15-14(18)9-11-16(10-5-2-6-12-17)13-7-3-1-4-8-13/h1,3-4,7-8,17H,2,5-6,9-12H2,(H2,15,18). The summed E-state index contributed by atoms with van der Waals surface area (Å²) in [4.78, 5) is 2.86. The van der Waals surface area contributed by atoms with E-state index in [1.807, 2.05) is 18.2 Å². The van der Waals surface area contributed by atoms with Gasteiger partial charge in [0.15, 0.2) is 0 Å². The van der Waals surface area contributed by atoms with Crippen LogP contribution in [0.3, 0.4) is 0 Å². The van der Waals surface area contributed by atoms with E-state index in [4.69, 9.17) is 23.1 Å². The van der Waals surface area contributed by atoms with Crippen molar-refractivity contribution in [3.05, 3.63) is 30.3 Å². The number of para-hydroxylation sites is 1. The monoisotopic (exact) mass is 266 g/mol. The quantitative estimate of drug-likeness (QED) is 0.532. The highest BCUT2D eigenvalue weighted by molar-refractivity contribution is 7.80. The Morgan fingerprint density at radius 1 is 1.11 bits per heavy atom. The Balaban J connectivity index is 2.49. The van der Waals surface area contributed by atoms with Crippen LogP contribution >= 0.6 is 12.2 Å². The van der Waals surface area contributed by atoms with Crippen molar-refractivity contribution in [1.82, 2.24) is 0 Å². The van der Waals surface area contributed by atoms with Crippen molar-refractivity contribution in [3.63, 3.8) is 0 Å². The molecule has 18 heavy (non-hydrogen) atoms. The molecule has 0 aliphatic carbocycles. The predicted molar refractivity (Wildman–Crippen MR) is 81.0 cm³/mol. The molecule has 3 nitrogen and oxygen atoms in total. The number of nitrogens with zero attached hydrogens (tertiary/aromatic N) is 1. The number of anilines is 1. The van der Waals surface area contributed by atoms with E-state index in [1.165, 1.54) is 5.69 Å². The maximum Gasteiger partial charge on any atom is 0.0745 e. The largest absolute Gasteiger partial charge is 0.396 e. The highest BCUT2D eigenvalue weighted by Crippen LogP contribution is 2.14. The third-order valence-electron chi connectivity index (χ3n) is 2.84. The zero-order valence-electron chi connectivity index (χ0n) is 10.7. The Labute approximate surface area is 115 Å². The molecule has 0 unspecified atom stereocenters. The van der Waals surface area contributed by atoms with Crippen LogP contribution < -0.4 is 10.6 Å². The normalized spacial score (nSPS) is 10.3. The van der Waals surface area contributed by atoms with Gasteiger partial charge in [-0.3, -0.25) is 0 Å². The van der Waals surface area contributed by atoms with Gasteiger partial charge in [-0.1, -0.05) is 30.4 Å². The fourth-order valence-corrected chi connectivity index (χ4v) is 1.94. The summed E-state index contributed by atoms with van der Waals surface area (Å²) in [6.07, 6.45) is 3.74. The minimum absolute atomic E-state index is 0.276. The molecule has 4 heteroatoms. The number of aliphatic hydroxyl groups is 1. The van der Waals surface area contributed by atoms with Crippen molar-refractivity contribution >= 4 is 22.9 Å². The first-order valence-corrected chi connectivity index (χ1v) is 6.84. The molecule has 100 valence electrons. The van der Waals surface area contributed by atoms with E-state index in [9.17, 15) is 0 Å². The summed E-state index contributed by atoms with van der Waals surface area (Å²) in [5, 5.41) is 8.78. The Morgan fingerprint density at radius 2 is 1.83 bits per heavy atom. The first kappa shape index (κ1) is 14.9. The Hall–Kier alpha value is -1.13. The summed E-state index contributed by atoms with van der Waals surface area (Å²) in [5.41, 5.74) is 6.77. The minimum Gasteiger partial charge on any atom is -0.396 e. The van der Waals surface area contributed by atoms with Gasteiger partial charge in [-0.25, -0.2) is 0 Å². The van der Waals surface area contributed by atoms with Crippen LogP contribution in [0.4, 0.5) is 5.69 Å². The van der Waals surface area contributed by atoms with Crippen molar-refractivity contribution < 1.29 is 5.11 Å². The molecule has 0 spiro atoms. The lowest BCUT2D eigenvalue weighted by Gasteiger charge is -2.24. The van der Waals surface area contributed by atoms with Gasteiger partial charge in [0.1, 0.15) is 0 Å². The number of aliphatic hydroxyl groups excluding tert-OH is 1. The number of rotatable bonds is 9. The molecule has 0 amide bonds. The van der Waals surface area contributed by atoms with E-state index < -0.39 is 0 Å². The number of thiocarbonyl (C=S) groups is 1. The first-order chi connectivity index (χ1) is 8.74. The fourth-order valence-electron chi connectivity index (χ4n) is 1.85. The summed E-state index contributed by atoms with van der Waals surface area (Å²) in [6.45, 7) is 2.11. The molecule has 3 N–H and O–H groups in total. The van der Waals surface area contributed by atoms with Gasteiger partial charge in [-0.05, 0) is 31.4 Å². The molecule has 1 aromatic carbocycles. The van der Waals surface area contributed by atoms with Crippen LogP contribution in [0.25, 0.3) is 0 Å². The molecule has 0 radical (unpaired) electrons. The van der Waals surface area contributed by atoms with E-state index in [0.717, 1.165) is 38.8 Å². The number of nitrogens with two attached hydrogens (primary N) is 1. The average molecular weight is 266 g/mol. The highest BCUT2D eigenvalue weighted by Gasteiger charge is 2.06. The smallest absolute Gasteiger partial charge is 0.0745 e. The molecular weight excluding hydrogens is 244 g/mol. The summed E-state index contributed by atoms with van der Waals surface area (Å²) < 4.78 is 0. The van der Waals surface area contributed by atoms with Gasteiger partial charge >= 0.3 is 0 Å². The third kappa shape index (κ3) is 5.98. The molecule has 0 aromatic heterocycles. The van der Waals surface area contributed by atoms with Gasteiger partial charge < -0.3 is 15.7 Å². The summed E-state index contributed by atoms with van der Waals surface area (Å²) in [7, 11) is 0. The third-order valence-corrected chi connectivity index (χ3v) is 3.04. The lowest BCUT2D eigenvalue weighted by molar-refractivity contribution is 0.283. The van der Waals surface area contributed by atoms with Crippen LogP contribution in [0.1, 0.15) is 25.7 Å². The van der Waals surface area contributed by atoms with Gasteiger partial charge in [0, 0.05) is 31.8 Å². The summed E-state index contributed by atoms with van der Waals surface area (Å²) in [5.74, 6) is 0. The van der Waals surface area contributed by atoms with Gasteiger partial charge in [0.25, 0.3) is 0 Å². The second-order valence-corrected chi connectivity index (χ2v) is 4.85. The van der Waals surface area contributed by atoms with Crippen LogP contribution in [0, 0.1) is 0 Å². The Kier molecular flexibility index (Phi) is 7.37. The first-order valence-electron chi connectivity index (χ1n) is 6.43. The van der Waals surface area contributed by atoms with Crippen LogP contribution in [0.15, 0.2) is 30.3 Å². The van der Waals surface area contributed by atoms with Crippen LogP contribution in [0.5, 0.6) is 0 Å². The molecule has 0 aliphatic rings. The number of hydrogen-bond acceptors (Lipinski definition) is 3. The second kappa shape index (κ2) is 8.89. The fraction of sp³-hybridized carbons (Fsp3) is 0.500. The van der Waals surface area contributed by atoms with E-state index in [-0.39, 0.29) is 6.61 Å². The minimum atomic E-state index is 0.276. The molecule has 1 rings (SSSR count). The van der Waals surface area contributed by atoms with Crippen molar-refractivity contribution in [1.29, 1.82) is 0 Å². The molecule has 0 saturated heterocycles. The van der Waals surface area contributed by atoms with Crippen LogP contribution in [0.2, 0.25) is 0 Å². The van der Waals surface area contributed by atoms with Gasteiger partial charge in [0.2, 0.25) is 0 Å². The zero-order chi connectivity index (χ0) is 13.2. The Morgan fingerprint density at radius 3 is 2.44 bits per heavy atom. The predicted octanol–water partition coefficient (Wildman–Crippen LogP) is 2.33. The molecule has 0 aliphatic heterocycles. The van der Waals surface area contributed by atoms with E-state index in [2.05, 4.69) is 17.0 Å². The van der Waals surface area contributed by atoms with E-state index >= 15 is 0 Å². The number of benzene rings is 1. The molecule has 1 aromatic rings. The van der Waals surface area contributed by atoms with Crippen molar-refractivity contribution in [2.75, 3.05) is 24.6 Å². The topological polar surface area (TPSA) is 49.5 Å².